The molecule has 0 spiro atoms. The number of guanidine groups is 2. The lowest BCUT2D eigenvalue weighted by atomic mass is 10.3. The van der Waals surface area contributed by atoms with Gasteiger partial charge < -0.3 is 42.3 Å². The van der Waals surface area contributed by atoms with E-state index in [1.54, 1.807) is 0 Å². The van der Waals surface area contributed by atoms with Gasteiger partial charge in [0.05, 0.1) is 51.0 Å². The maximum atomic E-state index is 12.2. The van der Waals surface area contributed by atoms with Crippen LogP contribution in [0.5, 0.6) is 0 Å². The van der Waals surface area contributed by atoms with Crippen molar-refractivity contribution in [1.82, 2.24) is 37.4 Å². The van der Waals surface area contributed by atoms with E-state index in [9.17, 15) is 29.4 Å². The molecule has 0 bridgehead atoms. The van der Waals surface area contributed by atoms with Crippen LogP contribution in [-0.2, 0) is 51.7 Å². The molecular weight excluding hydrogens is 652 g/mol. The van der Waals surface area contributed by atoms with E-state index in [4.69, 9.17) is 40.5 Å². The number of aromatic nitrogens is 8. The van der Waals surface area contributed by atoms with Crippen LogP contribution in [0.2, 0.25) is 0 Å². The monoisotopic (exact) mass is 688 g/mol. The Kier molecular flexibility index (Phi) is 12.3. The molecule has 2 unspecified atom stereocenters. The summed E-state index contributed by atoms with van der Waals surface area (Å²) in [6.45, 7) is 0.184. The summed E-state index contributed by atoms with van der Waals surface area (Å²) in [7, 11) is 1.16. The molecule has 12 N–H and O–H groups in total. The van der Waals surface area contributed by atoms with Crippen molar-refractivity contribution in [3.8, 4) is 0 Å². The Balaban J connectivity index is 0.000000286. The molecule has 0 radical (unpaired) electrons. The molecule has 260 valence electrons. The molecule has 4 aromatic heterocycles. The zero-order valence-corrected chi connectivity index (χ0v) is 26.4. The first-order valence-corrected chi connectivity index (χ1v) is 14.4. The van der Waals surface area contributed by atoms with Gasteiger partial charge in [0.1, 0.15) is 0 Å². The third kappa shape index (κ3) is 9.81. The van der Waals surface area contributed by atoms with Gasteiger partial charge in [-0.1, -0.05) is 0 Å². The van der Waals surface area contributed by atoms with Crippen molar-refractivity contribution in [3.63, 3.8) is 0 Å². The first-order valence-electron chi connectivity index (χ1n) is 13.0. The molecule has 24 nitrogen and oxygen atoms in total. The minimum Gasteiger partial charge on any atom is -0.389 e. The maximum absolute atomic E-state index is 12.2. The Morgan fingerprint density at radius 2 is 1.00 bits per heavy atom. The number of rotatable bonds is 8. The zero-order valence-electron chi connectivity index (χ0n) is 25.6. The average molecular weight is 689 g/mol. The van der Waals surface area contributed by atoms with Crippen LogP contribution >= 0.6 is 0 Å². The number of imidazole rings is 2. The van der Waals surface area contributed by atoms with E-state index in [-0.39, 0.29) is 60.4 Å². The van der Waals surface area contributed by atoms with Gasteiger partial charge in [0.25, 0.3) is 11.1 Å². The van der Waals surface area contributed by atoms with Gasteiger partial charge in [-0.2, -0.15) is 8.42 Å². The van der Waals surface area contributed by atoms with E-state index >= 15 is 0 Å². The predicted octanol–water partition coefficient (Wildman–Crippen LogP) is -6.52. The highest BCUT2D eigenvalue weighted by molar-refractivity contribution is 7.79. The number of aliphatic hydroxyl groups excluding tert-OH is 2. The molecule has 0 saturated carbocycles. The molecule has 0 aliphatic carbocycles. The number of nitrogens with zero attached hydrogens (tertiary/aromatic N) is 10. The Morgan fingerprint density at radius 3 is 1.28 bits per heavy atom. The van der Waals surface area contributed by atoms with E-state index in [1.165, 1.54) is 59.1 Å². The fourth-order valence-corrected chi connectivity index (χ4v) is 4.06. The smallest absolute Gasteiger partial charge is 0.389 e. The molecule has 4 aromatic rings. The number of fused-ring (bicyclic) bond motifs is 2. The quantitative estimate of drug-likeness (QED) is 0.0484. The van der Waals surface area contributed by atoms with Crippen molar-refractivity contribution in [2.24, 2.45) is 61.1 Å². The fraction of sp³-hybridized carbons (Fsp3) is 0.455. The third-order valence-corrected chi connectivity index (χ3v) is 6.22. The Bertz CT molecular complexity index is 2000. The molecule has 4 heterocycles. The van der Waals surface area contributed by atoms with E-state index in [0.717, 1.165) is 9.13 Å². The SMILES string of the molecule is Cn1c(=O)c2c(ncn2CC(O)CN=C(N)N)n(C)c1=O.Cn1c(=O)c2c(ncn2CC(O)CN=C(N)N)n(C)c1=O.O=S(=O)(O)O. The summed E-state index contributed by atoms with van der Waals surface area (Å²) in [4.78, 5) is 63.4. The summed E-state index contributed by atoms with van der Waals surface area (Å²) in [5.74, 6) is -0.245. The van der Waals surface area contributed by atoms with Gasteiger partial charge in [0.2, 0.25) is 0 Å². The van der Waals surface area contributed by atoms with Crippen LogP contribution in [0.4, 0.5) is 0 Å². The van der Waals surface area contributed by atoms with Gasteiger partial charge in [-0.25, -0.2) is 19.6 Å². The fourth-order valence-electron chi connectivity index (χ4n) is 4.06. The van der Waals surface area contributed by atoms with Gasteiger partial charge in [-0.05, 0) is 0 Å². The standard InChI is InChI=1S/2C11H17N7O3.H2O4S/c2*1-16-8-7(9(20)17(2)11(16)21)18(5-15-8)4-6(19)3-14-10(12)13;1-5(2,3)4/h2*5-6,19H,3-4H2,1-2H3,(H4,12,13,14);(H2,1,2,3,4). The van der Waals surface area contributed by atoms with E-state index < -0.39 is 45.1 Å². The van der Waals surface area contributed by atoms with Gasteiger partial charge >= 0.3 is 21.8 Å². The van der Waals surface area contributed by atoms with Gasteiger partial charge in [-0.3, -0.25) is 46.9 Å². The molecular formula is C22H36N14O10S. The van der Waals surface area contributed by atoms with E-state index in [2.05, 4.69) is 20.0 Å². The first kappa shape index (κ1) is 37.8. The molecule has 2 atom stereocenters. The maximum Gasteiger partial charge on any atom is 0.394 e. The predicted molar refractivity (Wildman–Crippen MR) is 168 cm³/mol. The Hall–Kier alpha value is -5.37. The summed E-state index contributed by atoms with van der Waals surface area (Å²) in [6, 6.07) is 0. The van der Waals surface area contributed by atoms with Crippen LogP contribution in [0.1, 0.15) is 0 Å². The summed E-state index contributed by atoms with van der Waals surface area (Å²) in [5.41, 5.74) is 19.9. The van der Waals surface area contributed by atoms with Crippen molar-refractivity contribution < 1.29 is 27.7 Å². The molecule has 0 aliphatic heterocycles. The highest BCUT2D eigenvalue weighted by atomic mass is 32.3. The third-order valence-electron chi connectivity index (χ3n) is 6.22. The summed E-state index contributed by atoms with van der Waals surface area (Å²) < 4.78 is 39.1. The van der Waals surface area contributed by atoms with Crippen LogP contribution < -0.4 is 45.4 Å². The number of aliphatic imine (C=N–C) groups is 2. The Morgan fingerprint density at radius 1 is 0.702 bits per heavy atom. The topological polar surface area (TPSA) is 368 Å². The molecule has 0 saturated heterocycles. The first-order chi connectivity index (χ1) is 21.6. The van der Waals surface area contributed by atoms with Gasteiger partial charge in [-0.15, -0.1) is 0 Å². The van der Waals surface area contributed by atoms with Crippen LogP contribution in [0.3, 0.4) is 0 Å². The second kappa shape index (κ2) is 15.3. The number of hydrogen-bond acceptors (Lipinski definition) is 12. The van der Waals surface area contributed by atoms with Crippen molar-refractivity contribution in [3.05, 3.63) is 54.3 Å². The summed E-state index contributed by atoms with van der Waals surface area (Å²) in [5, 5.41) is 19.7. The van der Waals surface area contributed by atoms with Crippen molar-refractivity contribution in [2.45, 2.75) is 25.3 Å². The van der Waals surface area contributed by atoms with Crippen LogP contribution in [0.15, 0.2) is 41.8 Å². The summed E-state index contributed by atoms with van der Waals surface area (Å²) >= 11 is 0. The van der Waals surface area contributed by atoms with Crippen LogP contribution in [0, 0.1) is 0 Å². The molecule has 0 amide bonds. The number of nitrogens with two attached hydrogens (primary N) is 4. The second-order valence-electron chi connectivity index (χ2n) is 9.84. The zero-order chi connectivity index (χ0) is 36.0. The average Bonchev–Trinajstić information content (AvgIpc) is 3.58. The number of aliphatic hydroxyl groups is 2. The van der Waals surface area contributed by atoms with E-state index in [1.807, 2.05) is 0 Å². The number of aryl methyl sites for hydroxylation is 2. The lowest BCUT2D eigenvalue weighted by molar-refractivity contribution is 0.163. The van der Waals surface area contributed by atoms with Crippen LogP contribution in [0.25, 0.3) is 22.3 Å². The lowest BCUT2D eigenvalue weighted by Crippen LogP contribution is -2.38. The van der Waals surface area contributed by atoms with Crippen LogP contribution in [-0.4, -0.2) is 102 Å². The normalized spacial score (nSPS) is 12.4. The molecule has 25 heteroatoms. The van der Waals surface area contributed by atoms with E-state index in [0.29, 0.717) is 0 Å². The molecule has 0 aromatic carbocycles. The minimum atomic E-state index is -4.67. The highest BCUT2D eigenvalue weighted by Crippen LogP contribution is 2.07. The highest BCUT2D eigenvalue weighted by Gasteiger charge is 2.17. The van der Waals surface area contributed by atoms with Gasteiger partial charge in [0, 0.05) is 28.2 Å². The molecule has 0 fully saturated rings. The molecule has 47 heavy (non-hydrogen) atoms. The summed E-state index contributed by atoms with van der Waals surface area (Å²) in [6.07, 6.45) is 1.02. The minimum absolute atomic E-state index is 0.00802. The van der Waals surface area contributed by atoms with Crippen molar-refractivity contribution in [1.29, 1.82) is 0 Å². The van der Waals surface area contributed by atoms with Gasteiger partial charge in [0.15, 0.2) is 34.2 Å². The second-order valence-corrected chi connectivity index (χ2v) is 10.7. The Labute approximate surface area is 263 Å². The molecule has 0 aliphatic rings. The van der Waals surface area contributed by atoms with Crippen molar-refractivity contribution >= 4 is 44.6 Å². The lowest BCUT2D eigenvalue weighted by Gasteiger charge is -2.10. The largest absolute Gasteiger partial charge is 0.394 e. The molecule has 4 rings (SSSR count). The number of hydrogen-bond donors (Lipinski definition) is 8. The van der Waals surface area contributed by atoms with Crippen molar-refractivity contribution in [2.75, 3.05) is 13.1 Å².